The normalized spacial score (nSPS) is 10.8. The van der Waals surface area contributed by atoms with E-state index in [9.17, 15) is 0 Å². The fraction of sp³-hybridized carbons (Fsp3) is 0.200. The Morgan fingerprint density at radius 3 is 2.85 bits per heavy atom. The number of nitrogens with zero attached hydrogens (tertiary/aromatic N) is 3. The van der Waals surface area contributed by atoms with Gasteiger partial charge in [-0.25, -0.2) is 9.97 Å². The van der Waals surface area contributed by atoms with Crippen molar-refractivity contribution in [2.75, 3.05) is 12.3 Å². The van der Waals surface area contributed by atoms with E-state index < -0.39 is 0 Å². The van der Waals surface area contributed by atoms with Gasteiger partial charge in [0.05, 0.1) is 12.3 Å². The lowest BCUT2D eigenvalue weighted by atomic mass is 10.3. The number of pyridine rings is 1. The summed E-state index contributed by atoms with van der Waals surface area (Å²) in [4.78, 5) is 8.88. The van der Waals surface area contributed by atoms with Crippen molar-refractivity contribution in [2.45, 2.75) is 6.42 Å². The average molecular weight is 268 g/mol. The number of rotatable bonds is 4. The minimum atomic E-state index is 0.533. The molecule has 0 unspecified atom stereocenters. The average Bonchev–Trinajstić information content (AvgIpc) is 2.78. The Balaban J connectivity index is 1.71. The van der Waals surface area contributed by atoms with Crippen LogP contribution in [0.1, 0.15) is 5.82 Å². The number of aryl methyl sites for hydroxylation is 1. The zero-order valence-corrected chi connectivity index (χ0v) is 11.3. The van der Waals surface area contributed by atoms with Gasteiger partial charge in [-0.1, -0.05) is 12.1 Å². The number of nitrogens with two attached hydrogens (primary N) is 1. The van der Waals surface area contributed by atoms with E-state index in [-0.39, 0.29) is 0 Å². The number of aromatic nitrogens is 3. The monoisotopic (exact) mass is 268 g/mol. The van der Waals surface area contributed by atoms with Gasteiger partial charge < -0.3 is 15.0 Å². The fourth-order valence-electron chi connectivity index (χ4n) is 2.16. The van der Waals surface area contributed by atoms with E-state index in [1.54, 1.807) is 6.20 Å². The molecule has 0 saturated carbocycles. The molecule has 0 saturated heterocycles. The van der Waals surface area contributed by atoms with Gasteiger partial charge in [0, 0.05) is 19.7 Å². The van der Waals surface area contributed by atoms with Gasteiger partial charge in [0.15, 0.2) is 5.65 Å². The molecule has 2 aromatic heterocycles. The van der Waals surface area contributed by atoms with E-state index >= 15 is 0 Å². The summed E-state index contributed by atoms with van der Waals surface area (Å²) in [5.74, 6) is 1.66. The molecule has 0 spiro atoms. The summed E-state index contributed by atoms with van der Waals surface area (Å²) in [6.07, 6.45) is 2.48. The van der Waals surface area contributed by atoms with Crippen LogP contribution in [0.4, 0.5) is 5.69 Å². The molecule has 3 rings (SSSR count). The summed E-state index contributed by atoms with van der Waals surface area (Å²) >= 11 is 0. The third-order valence-corrected chi connectivity index (χ3v) is 3.22. The number of nitrogen functional groups attached to an aromatic ring is 1. The predicted molar refractivity (Wildman–Crippen MR) is 78.6 cm³/mol. The Labute approximate surface area is 117 Å². The van der Waals surface area contributed by atoms with Gasteiger partial charge in [-0.05, 0) is 24.3 Å². The van der Waals surface area contributed by atoms with Crippen molar-refractivity contribution in [2.24, 2.45) is 7.05 Å². The Kier molecular flexibility index (Phi) is 3.25. The third-order valence-electron chi connectivity index (χ3n) is 3.22. The lowest BCUT2D eigenvalue weighted by Gasteiger charge is -2.08. The van der Waals surface area contributed by atoms with Crippen molar-refractivity contribution in [3.05, 3.63) is 48.4 Å². The van der Waals surface area contributed by atoms with Crippen molar-refractivity contribution in [3.63, 3.8) is 0 Å². The van der Waals surface area contributed by atoms with Gasteiger partial charge in [0.2, 0.25) is 0 Å². The van der Waals surface area contributed by atoms with Crippen LogP contribution in [0.3, 0.4) is 0 Å². The molecule has 0 bridgehead atoms. The van der Waals surface area contributed by atoms with Crippen molar-refractivity contribution < 1.29 is 4.74 Å². The maximum Gasteiger partial charge on any atom is 0.159 e. The molecule has 1 aromatic carbocycles. The molecular formula is C15H16N4O. The van der Waals surface area contributed by atoms with Gasteiger partial charge in [-0.3, -0.25) is 0 Å². The van der Waals surface area contributed by atoms with E-state index in [1.807, 2.05) is 48.0 Å². The smallest absolute Gasteiger partial charge is 0.159 e. The highest BCUT2D eigenvalue weighted by Gasteiger charge is 2.08. The summed E-state index contributed by atoms with van der Waals surface area (Å²) in [7, 11) is 1.97. The molecule has 2 N–H and O–H groups in total. The molecule has 3 aromatic rings. The zero-order valence-electron chi connectivity index (χ0n) is 11.3. The molecule has 0 aliphatic heterocycles. The van der Waals surface area contributed by atoms with E-state index in [0.29, 0.717) is 24.5 Å². The van der Waals surface area contributed by atoms with Crippen LogP contribution < -0.4 is 10.5 Å². The summed E-state index contributed by atoms with van der Waals surface area (Å²) in [6.45, 7) is 0.533. The number of hydrogen-bond donors (Lipinski definition) is 1. The molecule has 0 atom stereocenters. The number of ether oxygens (including phenoxy) is 1. The van der Waals surface area contributed by atoms with Crippen LogP contribution in [0.2, 0.25) is 0 Å². The molecule has 2 heterocycles. The first kappa shape index (κ1) is 12.5. The molecule has 0 amide bonds. The Bertz CT molecular complexity index is 736. The maximum absolute atomic E-state index is 5.84. The number of benzene rings is 1. The number of imidazole rings is 1. The first-order valence-corrected chi connectivity index (χ1v) is 6.49. The van der Waals surface area contributed by atoms with Gasteiger partial charge >= 0.3 is 0 Å². The van der Waals surface area contributed by atoms with Crippen LogP contribution in [0.25, 0.3) is 11.2 Å². The highest BCUT2D eigenvalue weighted by Crippen LogP contribution is 2.20. The van der Waals surface area contributed by atoms with Gasteiger partial charge in [-0.2, -0.15) is 0 Å². The molecular weight excluding hydrogens is 252 g/mol. The van der Waals surface area contributed by atoms with Gasteiger partial charge in [0.25, 0.3) is 0 Å². The largest absolute Gasteiger partial charge is 0.491 e. The minimum Gasteiger partial charge on any atom is -0.491 e. The number of hydrogen-bond acceptors (Lipinski definition) is 4. The molecule has 20 heavy (non-hydrogen) atoms. The topological polar surface area (TPSA) is 66.0 Å². The predicted octanol–water partition coefficient (Wildman–Crippen LogP) is 2.17. The molecule has 0 fully saturated rings. The zero-order chi connectivity index (χ0) is 13.9. The van der Waals surface area contributed by atoms with E-state index in [4.69, 9.17) is 10.5 Å². The van der Waals surface area contributed by atoms with Crippen LogP contribution >= 0.6 is 0 Å². The highest BCUT2D eigenvalue weighted by atomic mass is 16.5. The Morgan fingerprint density at radius 2 is 2.05 bits per heavy atom. The SMILES string of the molecule is Cn1c(CCOc2ccccc2N)nc2cccnc21. The Morgan fingerprint density at radius 1 is 1.20 bits per heavy atom. The molecule has 102 valence electrons. The van der Waals surface area contributed by atoms with E-state index in [0.717, 1.165) is 17.0 Å². The van der Waals surface area contributed by atoms with Crippen molar-refractivity contribution >= 4 is 16.9 Å². The number of anilines is 1. The van der Waals surface area contributed by atoms with E-state index in [1.165, 1.54) is 0 Å². The van der Waals surface area contributed by atoms with Crippen molar-refractivity contribution in [1.82, 2.24) is 14.5 Å². The summed E-state index contributed by atoms with van der Waals surface area (Å²) in [6, 6.07) is 11.3. The summed E-state index contributed by atoms with van der Waals surface area (Å²) in [5.41, 5.74) is 8.28. The van der Waals surface area contributed by atoms with Crippen LogP contribution in [-0.2, 0) is 13.5 Å². The minimum absolute atomic E-state index is 0.533. The van der Waals surface area contributed by atoms with Crippen molar-refractivity contribution in [1.29, 1.82) is 0 Å². The third kappa shape index (κ3) is 2.30. The highest BCUT2D eigenvalue weighted by molar-refractivity contribution is 5.70. The van der Waals surface area contributed by atoms with Crippen LogP contribution in [0, 0.1) is 0 Å². The lowest BCUT2D eigenvalue weighted by molar-refractivity contribution is 0.319. The van der Waals surface area contributed by atoms with E-state index in [2.05, 4.69) is 9.97 Å². The second-order valence-electron chi connectivity index (χ2n) is 4.57. The first-order chi connectivity index (χ1) is 9.75. The van der Waals surface area contributed by atoms with Gasteiger partial charge in [0.1, 0.15) is 17.1 Å². The quantitative estimate of drug-likeness (QED) is 0.736. The fourth-order valence-corrected chi connectivity index (χ4v) is 2.16. The standard InChI is InChI=1S/C15H16N4O/c1-19-14(18-12-6-4-9-17-15(12)19)8-10-20-13-7-3-2-5-11(13)16/h2-7,9H,8,10,16H2,1H3. The number of para-hydroxylation sites is 2. The maximum atomic E-state index is 5.84. The molecule has 5 nitrogen and oxygen atoms in total. The van der Waals surface area contributed by atoms with Crippen molar-refractivity contribution in [3.8, 4) is 5.75 Å². The Hall–Kier alpha value is -2.56. The summed E-state index contributed by atoms with van der Waals surface area (Å²) < 4.78 is 7.69. The molecule has 0 aliphatic carbocycles. The second-order valence-corrected chi connectivity index (χ2v) is 4.57. The van der Waals surface area contributed by atoms with Crippen LogP contribution in [0.5, 0.6) is 5.75 Å². The van der Waals surface area contributed by atoms with Crippen LogP contribution in [0.15, 0.2) is 42.6 Å². The van der Waals surface area contributed by atoms with Gasteiger partial charge in [-0.15, -0.1) is 0 Å². The summed E-state index contributed by atoms with van der Waals surface area (Å²) in [5, 5.41) is 0. The number of fused-ring (bicyclic) bond motifs is 1. The first-order valence-electron chi connectivity index (χ1n) is 6.49. The lowest BCUT2D eigenvalue weighted by Crippen LogP contribution is -2.07. The molecule has 0 aliphatic rings. The molecule has 5 heteroatoms. The second kappa shape index (κ2) is 5.21. The molecule has 0 radical (unpaired) electrons. The van der Waals surface area contributed by atoms with Crippen LogP contribution in [-0.4, -0.2) is 21.1 Å².